The first-order chi connectivity index (χ1) is 15.7. The number of carbonyl (C=O) groups is 3. The summed E-state index contributed by atoms with van der Waals surface area (Å²) >= 11 is 5.79. The summed E-state index contributed by atoms with van der Waals surface area (Å²) in [6.45, 7) is -0.908. The highest BCUT2D eigenvalue weighted by Crippen LogP contribution is 2.28. The van der Waals surface area contributed by atoms with Gasteiger partial charge in [0.05, 0.1) is 11.0 Å². The second-order valence-electron chi connectivity index (χ2n) is 7.26. The summed E-state index contributed by atoms with van der Waals surface area (Å²) in [6.07, 6.45) is -1.27. The van der Waals surface area contributed by atoms with E-state index in [1.165, 1.54) is 24.3 Å². The van der Waals surface area contributed by atoms with Crippen molar-refractivity contribution in [1.29, 1.82) is 0 Å². The molecule has 0 bridgehead atoms. The lowest BCUT2D eigenvalue weighted by molar-refractivity contribution is -0.151. The number of β-amino-alcohol motifs (C(OH)–C–C–N with tert-alkyl or cyclic N) is 1. The van der Waals surface area contributed by atoms with Crippen molar-refractivity contribution in [2.75, 3.05) is 13.2 Å². The zero-order valence-corrected chi connectivity index (χ0v) is 18.9. The largest absolute Gasteiger partial charge is 0.454 e. The Morgan fingerprint density at radius 2 is 1.76 bits per heavy atom. The van der Waals surface area contributed by atoms with Gasteiger partial charge in [-0.3, -0.25) is 14.9 Å². The van der Waals surface area contributed by atoms with Crippen molar-refractivity contribution in [3.63, 3.8) is 0 Å². The fourth-order valence-electron chi connectivity index (χ4n) is 3.22. The highest BCUT2D eigenvalue weighted by atomic mass is 35.5. The second kappa shape index (κ2) is 10.8. The van der Waals surface area contributed by atoms with Crippen molar-refractivity contribution in [3.8, 4) is 0 Å². The summed E-state index contributed by atoms with van der Waals surface area (Å²) in [7, 11) is -4.12. The summed E-state index contributed by atoms with van der Waals surface area (Å²) in [5.41, 5.74) is 0.827. The van der Waals surface area contributed by atoms with Crippen LogP contribution in [0.5, 0.6) is 0 Å². The molecule has 0 radical (unpaired) electrons. The Morgan fingerprint density at radius 1 is 1.09 bits per heavy atom. The molecule has 176 valence electrons. The van der Waals surface area contributed by atoms with Crippen molar-refractivity contribution in [2.24, 2.45) is 0 Å². The SMILES string of the molecule is O=C(COC(=O)[C@H]1C[C@H](O)CN1S(=O)(=O)c1ccc(Cl)cc1)NC(=O)NCc1ccccc1. The zero-order chi connectivity index (χ0) is 24.0. The number of esters is 1. The van der Waals surface area contributed by atoms with Gasteiger partial charge in [0.2, 0.25) is 10.0 Å². The lowest BCUT2D eigenvalue weighted by Gasteiger charge is -2.22. The number of urea groups is 1. The summed E-state index contributed by atoms with van der Waals surface area (Å²) in [5.74, 6) is -1.90. The number of imide groups is 1. The van der Waals surface area contributed by atoms with Crippen LogP contribution in [0.15, 0.2) is 59.5 Å². The zero-order valence-electron chi connectivity index (χ0n) is 17.3. The molecule has 3 rings (SSSR count). The molecular weight excluding hydrogens is 474 g/mol. The predicted octanol–water partition coefficient (Wildman–Crippen LogP) is 1.03. The van der Waals surface area contributed by atoms with Crippen molar-refractivity contribution < 1.29 is 32.6 Å². The van der Waals surface area contributed by atoms with Crippen LogP contribution in [0.3, 0.4) is 0 Å². The number of nitrogens with zero attached hydrogens (tertiary/aromatic N) is 1. The molecule has 10 nitrogen and oxygen atoms in total. The fraction of sp³-hybridized carbons (Fsp3) is 0.286. The predicted molar refractivity (Wildman–Crippen MR) is 118 cm³/mol. The molecular formula is C21H22ClN3O7S. The number of hydrogen-bond acceptors (Lipinski definition) is 7. The van der Waals surface area contributed by atoms with Crippen molar-refractivity contribution in [2.45, 2.75) is 30.0 Å². The lowest BCUT2D eigenvalue weighted by atomic mass is 10.2. The summed E-state index contributed by atoms with van der Waals surface area (Å²) < 4.78 is 31.6. The van der Waals surface area contributed by atoms with Crippen LogP contribution in [-0.2, 0) is 30.9 Å². The maximum Gasteiger partial charge on any atom is 0.325 e. The molecule has 1 fully saturated rings. The standard InChI is InChI=1S/C21H22ClN3O7S/c22-15-6-8-17(9-7-15)33(30,31)25-12-16(26)10-18(25)20(28)32-13-19(27)24-21(29)23-11-14-4-2-1-3-5-14/h1-9,16,18,26H,10-13H2,(H2,23,24,27,29)/t16-,18+/m0/s1. The third-order valence-electron chi connectivity index (χ3n) is 4.82. The second-order valence-corrected chi connectivity index (χ2v) is 9.59. The van der Waals surface area contributed by atoms with Crippen molar-refractivity contribution in [1.82, 2.24) is 14.9 Å². The molecule has 1 aliphatic heterocycles. The Morgan fingerprint density at radius 3 is 2.42 bits per heavy atom. The van der Waals surface area contributed by atoms with Gasteiger partial charge in [-0.1, -0.05) is 41.9 Å². The van der Waals surface area contributed by atoms with E-state index in [1.807, 2.05) is 11.4 Å². The van der Waals surface area contributed by atoms with E-state index < -0.39 is 46.7 Å². The van der Waals surface area contributed by atoms with Gasteiger partial charge in [-0.15, -0.1) is 0 Å². The van der Waals surface area contributed by atoms with Gasteiger partial charge in [-0.2, -0.15) is 4.31 Å². The topological polar surface area (TPSA) is 142 Å². The minimum Gasteiger partial charge on any atom is -0.454 e. The lowest BCUT2D eigenvalue weighted by Crippen LogP contribution is -2.44. The highest BCUT2D eigenvalue weighted by Gasteiger charge is 2.44. The van der Waals surface area contributed by atoms with Crippen molar-refractivity contribution >= 4 is 39.5 Å². The minimum absolute atomic E-state index is 0.105. The Hall–Kier alpha value is -2.99. The van der Waals surface area contributed by atoms with E-state index in [0.29, 0.717) is 5.02 Å². The van der Waals surface area contributed by atoms with Crippen LogP contribution >= 0.6 is 11.6 Å². The van der Waals surface area contributed by atoms with Crippen LogP contribution in [0.25, 0.3) is 0 Å². The summed E-state index contributed by atoms with van der Waals surface area (Å²) in [4.78, 5) is 36.1. The third kappa shape index (κ3) is 6.51. The molecule has 1 heterocycles. The molecule has 3 amide bonds. The van der Waals surface area contributed by atoms with E-state index in [0.717, 1.165) is 9.87 Å². The first-order valence-corrected chi connectivity index (χ1v) is 11.7. The molecule has 0 aromatic heterocycles. The average Bonchev–Trinajstić information content (AvgIpc) is 3.20. The first-order valence-electron chi connectivity index (χ1n) is 9.90. The molecule has 0 aliphatic carbocycles. The summed E-state index contributed by atoms with van der Waals surface area (Å²) in [5, 5.41) is 14.8. The third-order valence-corrected chi connectivity index (χ3v) is 6.96. The molecule has 2 atom stereocenters. The molecule has 0 spiro atoms. The number of amides is 3. The number of aliphatic hydroxyl groups excluding tert-OH is 1. The van der Waals surface area contributed by atoms with Crippen LogP contribution in [0.4, 0.5) is 4.79 Å². The maximum atomic E-state index is 12.9. The molecule has 3 N–H and O–H groups in total. The van der Waals surface area contributed by atoms with Gasteiger partial charge in [0, 0.05) is 24.5 Å². The quantitative estimate of drug-likeness (QED) is 0.487. The number of halogens is 1. The number of sulfonamides is 1. The molecule has 1 aliphatic rings. The summed E-state index contributed by atoms with van der Waals surface area (Å²) in [6, 6.07) is 12.3. The van der Waals surface area contributed by atoms with Gasteiger partial charge < -0.3 is 15.2 Å². The van der Waals surface area contributed by atoms with Gasteiger partial charge in [0.25, 0.3) is 5.91 Å². The van der Waals surface area contributed by atoms with Crippen LogP contribution in [0.1, 0.15) is 12.0 Å². The van der Waals surface area contributed by atoms with Crippen LogP contribution in [-0.4, -0.2) is 61.0 Å². The molecule has 33 heavy (non-hydrogen) atoms. The van der Waals surface area contributed by atoms with E-state index in [-0.39, 0.29) is 24.4 Å². The molecule has 1 saturated heterocycles. The smallest absolute Gasteiger partial charge is 0.325 e. The van der Waals surface area contributed by atoms with E-state index in [4.69, 9.17) is 16.3 Å². The number of nitrogens with one attached hydrogen (secondary N) is 2. The number of rotatable bonds is 7. The number of carbonyl (C=O) groups excluding carboxylic acids is 3. The van der Waals surface area contributed by atoms with Crippen LogP contribution in [0, 0.1) is 0 Å². The number of aliphatic hydroxyl groups is 1. The van der Waals surface area contributed by atoms with E-state index in [1.54, 1.807) is 24.3 Å². The molecule has 2 aromatic carbocycles. The highest BCUT2D eigenvalue weighted by molar-refractivity contribution is 7.89. The average molecular weight is 496 g/mol. The first kappa shape index (κ1) is 24.6. The Balaban J connectivity index is 1.54. The maximum absolute atomic E-state index is 12.9. The minimum atomic E-state index is -4.12. The molecule has 12 heteroatoms. The molecule has 0 saturated carbocycles. The Kier molecular flexibility index (Phi) is 8.03. The Labute approximate surface area is 195 Å². The van der Waals surface area contributed by atoms with Gasteiger partial charge in [-0.25, -0.2) is 13.2 Å². The normalized spacial score (nSPS) is 18.5. The van der Waals surface area contributed by atoms with E-state index in [2.05, 4.69) is 5.32 Å². The van der Waals surface area contributed by atoms with E-state index >= 15 is 0 Å². The van der Waals surface area contributed by atoms with Gasteiger partial charge in [0.15, 0.2) is 6.61 Å². The van der Waals surface area contributed by atoms with Crippen LogP contribution < -0.4 is 10.6 Å². The fourth-order valence-corrected chi connectivity index (χ4v) is 4.98. The number of benzene rings is 2. The Bertz CT molecular complexity index is 1110. The van der Waals surface area contributed by atoms with Crippen LogP contribution in [0.2, 0.25) is 5.02 Å². The molecule has 2 aromatic rings. The van der Waals surface area contributed by atoms with Gasteiger partial charge >= 0.3 is 12.0 Å². The number of hydrogen-bond donors (Lipinski definition) is 3. The van der Waals surface area contributed by atoms with Gasteiger partial charge in [-0.05, 0) is 29.8 Å². The van der Waals surface area contributed by atoms with Crippen molar-refractivity contribution in [3.05, 3.63) is 65.2 Å². The van der Waals surface area contributed by atoms with E-state index in [9.17, 15) is 27.9 Å². The molecule has 0 unspecified atom stereocenters. The van der Waals surface area contributed by atoms with Gasteiger partial charge in [0.1, 0.15) is 6.04 Å². The number of ether oxygens (including phenoxy) is 1. The monoisotopic (exact) mass is 495 g/mol.